The van der Waals surface area contributed by atoms with Crippen LogP contribution >= 0.6 is 0 Å². The highest BCUT2D eigenvalue weighted by molar-refractivity contribution is 5.94. The molecule has 6 nitrogen and oxygen atoms in total. The smallest absolute Gasteiger partial charge is 0.254 e. The minimum absolute atomic E-state index is 0.00677. The van der Waals surface area contributed by atoms with Gasteiger partial charge in [0.25, 0.3) is 5.91 Å². The summed E-state index contributed by atoms with van der Waals surface area (Å²) in [7, 11) is 0. The highest BCUT2D eigenvalue weighted by Crippen LogP contribution is 2.34. The molecule has 1 aromatic heterocycles. The lowest BCUT2D eigenvalue weighted by molar-refractivity contribution is 0.0671. The molecule has 1 aliphatic rings. The summed E-state index contributed by atoms with van der Waals surface area (Å²) in [6, 6.07) is 13.8. The number of halogens is 1. The maximum absolute atomic E-state index is 13.6. The molecule has 1 aliphatic heterocycles. The molecule has 0 aliphatic carbocycles. The van der Waals surface area contributed by atoms with E-state index in [1.165, 1.54) is 12.1 Å². The van der Waals surface area contributed by atoms with E-state index in [2.05, 4.69) is 17.0 Å². The van der Waals surface area contributed by atoms with Crippen molar-refractivity contribution in [2.45, 2.75) is 39.8 Å². The summed E-state index contributed by atoms with van der Waals surface area (Å²) in [5.41, 5.74) is 3.95. The van der Waals surface area contributed by atoms with E-state index in [0.717, 1.165) is 23.1 Å². The van der Waals surface area contributed by atoms with Gasteiger partial charge in [0.15, 0.2) is 0 Å². The Morgan fingerprint density at radius 2 is 1.79 bits per heavy atom. The molecule has 7 heteroatoms. The lowest BCUT2D eigenvalue weighted by Crippen LogP contribution is -2.39. The molecule has 3 aromatic rings. The normalized spacial score (nSPS) is 14.8. The minimum atomic E-state index is -0.312. The van der Waals surface area contributed by atoms with Crippen LogP contribution in [0, 0.1) is 12.7 Å². The van der Waals surface area contributed by atoms with Crippen molar-refractivity contribution in [1.82, 2.24) is 10.1 Å². The van der Waals surface area contributed by atoms with Gasteiger partial charge in [-0.15, -0.1) is 0 Å². The van der Waals surface area contributed by atoms with Crippen molar-refractivity contribution in [3.05, 3.63) is 71.0 Å². The van der Waals surface area contributed by atoms with E-state index in [4.69, 9.17) is 9.26 Å². The van der Waals surface area contributed by atoms with E-state index >= 15 is 0 Å². The molecule has 0 saturated carbocycles. The van der Waals surface area contributed by atoms with Crippen LogP contribution in [-0.2, 0) is 11.3 Å². The SMILES string of the molecule is CC[C@H](C)N(Cc1c(-c2ccc(F)cc2)noc1N1CCOCC1)C(=O)c1ccc(C)cc1. The Labute approximate surface area is 193 Å². The maximum Gasteiger partial charge on any atom is 0.254 e. The van der Waals surface area contributed by atoms with Gasteiger partial charge in [-0.1, -0.05) is 29.8 Å². The Kier molecular flexibility index (Phi) is 7.08. The number of ether oxygens (including phenoxy) is 1. The van der Waals surface area contributed by atoms with Gasteiger partial charge in [-0.25, -0.2) is 4.39 Å². The summed E-state index contributed by atoms with van der Waals surface area (Å²) in [6.07, 6.45) is 0.807. The number of carbonyl (C=O) groups excluding carboxylic acids is 1. The second kappa shape index (κ2) is 10.2. The van der Waals surface area contributed by atoms with E-state index in [0.29, 0.717) is 50.0 Å². The average molecular weight is 452 g/mol. The Morgan fingerprint density at radius 3 is 2.42 bits per heavy atom. The lowest BCUT2D eigenvalue weighted by Gasteiger charge is -2.31. The number of hydrogen-bond donors (Lipinski definition) is 0. The number of aryl methyl sites for hydroxylation is 1. The summed E-state index contributed by atoms with van der Waals surface area (Å²) >= 11 is 0. The fourth-order valence-corrected chi connectivity index (χ4v) is 3.97. The van der Waals surface area contributed by atoms with Crippen molar-refractivity contribution in [1.29, 1.82) is 0 Å². The first-order valence-electron chi connectivity index (χ1n) is 11.4. The van der Waals surface area contributed by atoms with Crippen LogP contribution in [-0.4, -0.2) is 48.3 Å². The quantitative estimate of drug-likeness (QED) is 0.502. The molecular weight excluding hydrogens is 421 g/mol. The highest BCUT2D eigenvalue weighted by Gasteiger charge is 2.29. The third-order valence-corrected chi connectivity index (χ3v) is 6.19. The van der Waals surface area contributed by atoms with E-state index in [-0.39, 0.29) is 17.8 Å². The third kappa shape index (κ3) is 5.09. The van der Waals surface area contributed by atoms with Crippen LogP contribution in [0.25, 0.3) is 11.3 Å². The number of anilines is 1. The molecule has 1 amide bonds. The van der Waals surface area contributed by atoms with Crippen molar-refractivity contribution in [2.24, 2.45) is 0 Å². The summed E-state index contributed by atoms with van der Waals surface area (Å²) in [5, 5.41) is 4.36. The number of nitrogens with zero attached hydrogens (tertiary/aromatic N) is 3. The van der Waals surface area contributed by atoms with Crippen molar-refractivity contribution < 1.29 is 18.4 Å². The van der Waals surface area contributed by atoms with Crippen molar-refractivity contribution in [2.75, 3.05) is 31.2 Å². The molecule has 2 heterocycles. The van der Waals surface area contributed by atoms with Crippen LogP contribution in [0.3, 0.4) is 0 Å². The Balaban J connectivity index is 1.74. The molecule has 0 bridgehead atoms. The highest BCUT2D eigenvalue weighted by atomic mass is 19.1. The van der Waals surface area contributed by atoms with Gasteiger partial charge in [-0.2, -0.15) is 0 Å². The Hall–Kier alpha value is -3.19. The fraction of sp³-hybridized carbons (Fsp3) is 0.385. The van der Waals surface area contributed by atoms with E-state index in [1.807, 2.05) is 43.0 Å². The van der Waals surface area contributed by atoms with Gasteiger partial charge < -0.3 is 19.1 Å². The predicted octanol–water partition coefficient (Wildman–Crippen LogP) is 5.07. The summed E-state index contributed by atoms with van der Waals surface area (Å²) in [4.78, 5) is 17.5. The van der Waals surface area contributed by atoms with Crippen LogP contribution in [0.5, 0.6) is 0 Å². The molecule has 1 atom stereocenters. The largest absolute Gasteiger partial charge is 0.378 e. The maximum atomic E-state index is 13.6. The monoisotopic (exact) mass is 451 g/mol. The van der Waals surface area contributed by atoms with Crippen LogP contribution in [0.2, 0.25) is 0 Å². The van der Waals surface area contributed by atoms with E-state index in [1.54, 1.807) is 12.1 Å². The van der Waals surface area contributed by atoms with Gasteiger partial charge >= 0.3 is 0 Å². The number of morpholine rings is 1. The second-order valence-electron chi connectivity index (χ2n) is 8.48. The molecule has 0 spiro atoms. The van der Waals surface area contributed by atoms with Crippen LogP contribution < -0.4 is 4.90 Å². The van der Waals surface area contributed by atoms with Crippen molar-refractivity contribution >= 4 is 11.8 Å². The fourth-order valence-electron chi connectivity index (χ4n) is 3.97. The molecule has 0 unspecified atom stereocenters. The number of amides is 1. The first-order valence-corrected chi connectivity index (χ1v) is 11.4. The summed E-state index contributed by atoms with van der Waals surface area (Å²) in [6.45, 7) is 9.02. The zero-order valence-corrected chi connectivity index (χ0v) is 19.4. The molecule has 0 radical (unpaired) electrons. The molecule has 174 valence electrons. The number of hydrogen-bond acceptors (Lipinski definition) is 5. The predicted molar refractivity (Wildman–Crippen MR) is 126 cm³/mol. The molecule has 1 fully saturated rings. The standard InChI is InChI=1S/C26H30FN3O3/c1-4-19(3)30(25(31)21-7-5-18(2)6-8-21)17-23-24(20-9-11-22(27)12-10-20)28-33-26(23)29-13-15-32-16-14-29/h5-12,19H,4,13-17H2,1-3H3/t19-/m0/s1. The van der Waals surface area contributed by atoms with Gasteiger partial charge in [0, 0.05) is 30.3 Å². The summed E-state index contributed by atoms with van der Waals surface area (Å²) < 4.78 is 24.9. The van der Waals surface area contributed by atoms with Gasteiger partial charge in [0.2, 0.25) is 5.88 Å². The Bertz CT molecular complexity index is 1070. The zero-order chi connectivity index (χ0) is 23.4. The minimum Gasteiger partial charge on any atom is -0.378 e. The Morgan fingerprint density at radius 1 is 1.12 bits per heavy atom. The second-order valence-corrected chi connectivity index (χ2v) is 8.48. The molecule has 1 saturated heterocycles. The van der Waals surface area contributed by atoms with Crippen molar-refractivity contribution in [3.8, 4) is 11.3 Å². The molecular formula is C26H30FN3O3. The number of carbonyl (C=O) groups is 1. The molecule has 33 heavy (non-hydrogen) atoms. The number of rotatable bonds is 7. The van der Waals surface area contributed by atoms with Crippen LogP contribution in [0.1, 0.15) is 41.8 Å². The van der Waals surface area contributed by atoms with Gasteiger partial charge in [0.05, 0.1) is 25.3 Å². The first kappa shape index (κ1) is 23.0. The van der Waals surface area contributed by atoms with Gasteiger partial charge in [-0.3, -0.25) is 4.79 Å². The van der Waals surface area contributed by atoms with E-state index in [9.17, 15) is 9.18 Å². The van der Waals surface area contributed by atoms with E-state index < -0.39 is 0 Å². The number of aromatic nitrogens is 1. The lowest BCUT2D eigenvalue weighted by atomic mass is 10.0. The van der Waals surface area contributed by atoms with Gasteiger partial charge in [-0.05, 0) is 56.7 Å². The van der Waals surface area contributed by atoms with Crippen molar-refractivity contribution in [3.63, 3.8) is 0 Å². The molecule has 0 N–H and O–H groups in total. The summed E-state index contributed by atoms with van der Waals surface area (Å²) in [5.74, 6) is 0.291. The van der Waals surface area contributed by atoms with Crippen LogP contribution in [0.15, 0.2) is 53.1 Å². The van der Waals surface area contributed by atoms with Gasteiger partial charge in [0.1, 0.15) is 11.5 Å². The zero-order valence-electron chi connectivity index (χ0n) is 19.4. The van der Waals surface area contributed by atoms with Crippen LogP contribution in [0.4, 0.5) is 10.3 Å². The average Bonchev–Trinajstić information content (AvgIpc) is 3.26. The molecule has 4 rings (SSSR count). The first-order chi connectivity index (χ1) is 16.0. The number of benzene rings is 2. The molecule has 2 aromatic carbocycles. The topological polar surface area (TPSA) is 58.8 Å². The third-order valence-electron chi connectivity index (χ3n) is 6.19.